The Hall–Kier alpha value is -1.30. The molecule has 6 heteroatoms. The van der Waals surface area contributed by atoms with Gasteiger partial charge in [0.15, 0.2) is 10.8 Å². The topological polar surface area (TPSA) is 63.1 Å². The number of nitrogens with one attached hydrogen (secondary N) is 1. The van der Waals surface area contributed by atoms with Gasteiger partial charge in [-0.25, -0.2) is 9.78 Å². The van der Waals surface area contributed by atoms with E-state index < -0.39 is 0 Å². The van der Waals surface area contributed by atoms with Crippen LogP contribution in [0.1, 0.15) is 19.4 Å². The fourth-order valence-corrected chi connectivity index (χ4v) is 1.95. The standard InChI is InChI=1S/C9H12N4OS/c1-3-6-5-10-13-7(6)11-8(15-4-2)12-9(13)14/h5H,3-4H2,1-2H3,(H,11,12,14). The Labute approximate surface area is 90.9 Å². The molecule has 1 N–H and O–H groups in total. The van der Waals surface area contributed by atoms with Crippen LogP contribution in [0.4, 0.5) is 0 Å². The van der Waals surface area contributed by atoms with E-state index in [2.05, 4.69) is 15.1 Å². The maximum Gasteiger partial charge on any atom is 0.350 e. The zero-order valence-electron chi connectivity index (χ0n) is 8.65. The molecule has 0 bridgehead atoms. The molecular weight excluding hydrogens is 212 g/mol. The van der Waals surface area contributed by atoms with Crippen molar-refractivity contribution in [2.24, 2.45) is 0 Å². The third kappa shape index (κ3) is 1.77. The second-order valence-corrected chi connectivity index (χ2v) is 4.29. The summed E-state index contributed by atoms with van der Waals surface area (Å²) in [6.07, 6.45) is 2.52. The summed E-state index contributed by atoms with van der Waals surface area (Å²) in [5, 5.41) is 4.65. The SMILES string of the molecule is CCSc1nc2c(CC)cnn2c(=O)[nH]1. The maximum atomic E-state index is 11.6. The first-order valence-electron chi connectivity index (χ1n) is 4.86. The van der Waals surface area contributed by atoms with Gasteiger partial charge in [-0.1, -0.05) is 25.6 Å². The van der Waals surface area contributed by atoms with E-state index in [-0.39, 0.29) is 5.69 Å². The average molecular weight is 224 g/mol. The quantitative estimate of drug-likeness (QED) is 0.793. The molecule has 0 unspecified atom stereocenters. The number of aryl methyl sites for hydroxylation is 1. The Morgan fingerprint density at radius 3 is 3.00 bits per heavy atom. The van der Waals surface area contributed by atoms with Crippen molar-refractivity contribution in [3.05, 3.63) is 22.2 Å². The molecule has 5 nitrogen and oxygen atoms in total. The molecule has 2 rings (SSSR count). The third-order valence-corrected chi connectivity index (χ3v) is 2.85. The van der Waals surface area contributed by atoms with E-state index in [4.69, 9.17) is 0 Å². The minimum absolute atomic E-state index is 0.226. The van der Waals surface area contributed by atoms with Crippen LogP contribution in [0, 0.1) is 0 Å². The Morgan fingerprint density at radius 2 is 2.33 bits per heavy atom. The molecular formula is C9H12N4OS. The lowest BCUT2D eigenvalue weighted by Crippen LogP contribution is -2.19. The first kappa shape index (κ1) is 10.2. The number of H-pyrrole nitrogens is 1. The van der Waals surface area contributed by atoms with E-state index in [9.17, 15) is 4.79 Å². The monoisotopic (exact) mass is 224 g/mol. The molecule has 0 aliphatic carbocycles. The van der Waals surface area contributed by atoms with Crippen molar-refractivity contribution in [3.63, 3.8) is 0 Å². The first-order valence-corrected chi connectivity index (χ1v) is 5.84. The molecule has 0 aliphatic rings. The van der Waals surface area contributed by atoms with Gasteiger partial charge < -0.3 is 0 Å². The van der Waals surface area contributed by atoms with Crippen molar-refractivity contribution in [1.29, 1.82) is 0 Å². The molecule has 0 aromatic carbocycles. The highest BCUT2D eigenvalue weighted by Gasteiger charge is 2.08. The van der Waals surface area contributed by atoms with E-state index in [0.29, 0.717) is 10.8 Å². The minimum atomic E-state index is -0.226. The second kappa shape index (κ2) is 4.06. The fourth-order valence-electron chi connectivity index (χ4n) is 1.37. The molecule has 0 atom stereocenters. The highest BCUT2D eigenvalue weighted by atomic mass is 32.2. The Balaban J connectivity index is 2.66. The lowest BCUT2D eigenvalue weighted by molar-refractivity contribution is 0.786. The zero-order valence-corrected chi connectivity index (χ0v) is 9.47. The average Bonchev–Trinajstić information content (AvgIpc) is 2.61. The van der Waals surface area contributed by atoms with Crippen molar-refractivity contribution >= 4 is 17.4 Å². The number of aromatic amines is 1. The van der Waals surface area contributed by atoms with E-state index >= 15 is 0 Å². The number of hydrogen-bond acceptors (Lipinski definition) is 4. The summed E-state index contributed by atoms with van der Waals surface area (Å²) in [6, 6.07) is 0. The molecule has 2 aromatic heterocycles. The molecule has 2 aromatic rings. The van der Waals surface area contributed by atoms with Gasteiger partial charge >= 0.3 is 5.69 Å². The molecule has 2 heterocycles. The van der Waals surface area contributed by atoms with Gasteiger partial charge in [-0.15, -0.1) is 0 Å². The number of fused-ring (bicyclic) bond motifs is 1. The first-order chi connectivity index (χ1) is 7.26. The van der Waals surface area contributed by atoms with Crippen LogP contribution in [0.5, 0.6) is 0 Å². The Morgan fingerprint density at radius 1 is 1.53 bits per heavy atom. The van der Waals surface area contributed by atoms with Gasteiger partial charge in [-0.2, -0.15) is 9.61 Å². The normalized spacial score (nSPS) is 11.1. The summed E-state index contributed by atoms with van der Waals surface area (Å²) in [6.45, 7) is 4.04. The smallest absolute Gasteiger partial charge is 0.285 e. The van der Waals surface area contributed by atoms with E-state index in [1.165, 1.54) is 16.3 Å². The van der Waals surface area contributed by atoms with Gasteiger partial charge in [0.2, 0.25) is 0 Å². The van der Waals surface area contributed by atoms with Crippen molar-refractivity contribution in [1.82, 2.24) is 19.6 Å². The lowest BCUT2D eigenvalue weighted by Gasteiger charge is -1.99. The fraction of sp³-hybridized carbons (Fsp3) is 0.444. The molecule has 0 saturated carbocycles. The predicted octanol–water partition coefficient (Wildman–Crippen LogP) is 1.09. The summed E-state index contributed by atoms with van der Waals surface area (Å²) >= 11 is 1.52. The van der Waals surface area contributed by atoms with Crippen LogP contribution >= 0.6 is 11.8 Å². The van der Waals surface area contributed by atoms with Gasteiger partial charge in [-0.05, 0) is 12.2 Å². The van der Waals surface area contributed by atoms with Crippen LogP contribution in [0.2, 0.25) is 0 Å². The largest absolute Gasteiger partial charge is 0.350 e. The van der Waals surface area contributed by atoms with Crippen molar-refractivity contribution in [2.45, 2.75) is 25.4 Å². The van der Waals surface area contributed by atoms with E-state index in [1.807, 2.05) is 13.8 Å². The highest BCUT2D eigenvalue weighted by Crippen LogP contribution is 2.13. The van der Waals surface area contributed by atoms with Gasteiger partial charge in [0, 0.05) is 5.56 Å². The number of rotatable bonds is 3. The Kier molecular flexibility index (Phi) is 2.77. The zero-order chi connectivity index (χ0) is 10.8. The molecule has 0 saturated heterocycles. The van der Waals surface area contributed by atoms with E-state index in [0.717, 1.165) is 17.7 Å². The van der Waals surface area contributed by atoms with Crippen LogP contribution < -0.4 is 5.69 Å². The lowest BCUT2D eigenvalue weighted by atomic mass is 10.3. The Bertz CT molecular complexity index is 530. The van der Waals surface area contributed by atoms with Gasteiger partial charge in [0.25, 0.3) is 0 Å². The number of aromatic nitrogens is 4. The minimum Gasteiger partial charge on any atom is -0.285 e. The number of hydrogen-bond donors (Lipinski definition) is 1. The van der Waals surface area contributed by atoms with Crippen LogP contribution in [0.3, 0.4) is 0 Å². The molecule has 15 heavy (non-hydrogen) atoms. The van der Waals surface area contributed by atoms with Crippen molar-refractivity contribution < 1.29 is 0 Å². The van der Waals surface area contributed by atoms with Crippen LogP contribution in [-0.2, 0) is 6.42 Å². The molecule has 0 amide bonds. The van der Waals surface area contributed by atoms with Crippen LogP contribution in [-0.4, -0.2) is 25.3 Å². The number of thioether (sulfide) groups is 1. The maximum absolute atomic E-state index is 11.6. The molecule has 0 aliphatic heterocycles. The molecule has 0 radical (unpaired) electrons. The van der Waals surface area contributed by atoms with Crippen molar-refractivity contribution in [3.8, 4) is 0 Å². The predicted molar refractivity (Wildman–Crippen MR) is 59.4 cm³/mol. The highest BCUT2D eigenvalue weighted by molar-refractivity contribution is 7.99. The van der Waals surface area contributed by atoms with E-state index in [1.54, 1.807) is 6.20 Å². The number of nitrogens with zero attached hydrogens (tertiary/aromatic N) is 3. The molecule has 80 valence electrons. The summed E-state index contributed by atoms with van der Waals surface area (Å²) in [7, 11) is 0. The third-order valence-electron chi connectivity index (χ3n) is 2.09. The summed E-state index contributed by atoms with van der Waals surface area (Å²) < 4.78 is 1.30. The second-order valence-electron chi connectivity index (χ2n) is 3.04. The summed E-state index contributed by atoms with van der Waals surface area (Å²) in [5.74, 6) is 0.884. The van der Waals surface area contributed by atoms with Crippen LogP contribution in [0.25, 0.3) is 5.65 Å². The summed E-state index contributed by atoms with van der Waals surface area (Å²) in [4.78, 5) is 18.6. The van der Waals surface area contributed by atoms with Crippen molar-refractivity contribution in [2.75, 3.05) is 5.75 Å². The van der Waals surface area contributed by atoms with Gasteiger partial charge in [-0.3, -0.25) is 4.98 Å². The molecule has 0 spiro atoms. The summed E-state index contributed by atoms with van der Waals surface area (Å²) in [5.41, 5.74) is 1.44. The van der Waals surface area contributed by atoms with Gasteiger partial charge in [0.05, 0.1) is 6.20 Å². The van der Waals surface area contributed by atoms with Crippen LogP contribution in [0.15, 0.2) is 16.1 Å². The molecule has 0 fully saturated rings. The van der Waals surface area contributed by atoms with Gasteiger partial charge in [0.1, 0.15) is 0 Å².